The number of rotatable bonds is 5. The normalized spacial score (nSPS) is 10.9. The fourth-order valence-corrected chi connectivity index (χ4v) is 3.67. The number of nitrogens with one attached hydrogen (secondary N) is 2. The maximum absolute atomic E-state index is 13.1. The Morgan fingerprint density at radius 2 is 1.70 bits per heavy atom. The van der Waals surface area contributed by atoms with Gasteiger partial charge in [0.25, 0.3) is 5.91 Å². The first-order chi connectivity index (χ1) is 14.8. The Balaban J connectivity index is 1.42. The zero-order chi connectivity index (χ0) is 20.3. The average molecular weight is 392 g/mol. The first-order valence-electron chi connectivity index (χ1n) is 9.81. The van der Waals surface area contributed by atoms with Crippen LogP contribution in [0.2, 0.25) is 0 Å². The lowest BCUT2D eigenvalue weighted by Crippen LogP contribution is -2.11. The molecule has 5 heteroatoms. The van der Waals surface area contributed by atoms with Crippen molar-refractivity contribution in [1.82, 2.24) is 14.5 Å². The fraction of sp³-hybridized carbons (Fsp3) is 0.0400. The average Bonchev–Trinajstić information content (AvgIpc) is 3.44. The fourth-order valence-electron chi connectivity index (χ4n) is 3.67. The highest BCUT2D eigenvalue weighted by Crippen LogP contribution is 2.24. The summed E-state index contributed by atoms with van der Waals surface area (Å²) in [6.07, 6.45) is 5.44. The Morgan fingerprint density at radius 1 is 0.933 bits per heavy atom. The van der Waals surface area contributed by atoms with Crippen LogP contribution in [0.3, 0.4) is 0 Å². The van der Waals surface area contributed by atoms with E-state index in [0.29, 0.717) is 12.1 Å². The molecule has 0 fully saturated rings. The molecule has 1 amide bonds. The van der Waals surface area contributed by atoms with Gasteiger partial charge < -0.3 is 14.9 Å². The van der Waals surface area contributed by atoms with Crippen molar-refractivity contribution >= 4 is 22.5 Å². The molecule has 2 aromatic heterocycles. The van der Waals surface area contributed by atoms with Gasteiger partial charge in [0.1, 0.15) is 5.82 Å². The topological polar surface area (TPSA) is 62.7 Å². The van der Waals surface area contributed by atoms with E-state index in [1.54, 1.807) is 12.4 Å². The van der Waals surface area contributed by atoms with Crippen molar-refractivity contribution in [2.45, 2.75) is 6.54 Å². The number of aromatic amines is 1. The second-order valence-electron chi connectivity index (χ2n) is 7.14. The van der Waals surface area contributed by atoms with Gasteiger partial charge in [-0.05, 0) is 35.9 Å². The maximum Gasteiger partial charge on any atom is 0.257 e. The Hall–Kier alpha value is -4.12. The number of aromatic nitrogens is 3. The van der Waals surface area contributed by atoms with Crippen molar-refractivity contribution in [3.63, 3.8) is 0 Å². The van der Waals surface area contributed by atoms with Gasteiger partial charge in [0.2, 0.25) is 0 Å². The summed E-state index contributed by atoms with van der Waals surface area (Å²) in [5.74, 6) is 0.681. The van der Waals surface area contributed by atoms with E-state index in [1.807, 2.05) is 72.9 Å². The lowest BCUT2D eigenvalue weighted by molar-refractivity contribution is 0.102. The molecule has 0 unspecified atom stereocenters. The Morgan fingerprint density at radius 3 is 2.47 bits per heavy atom. The number of hydrogen-bond donors (Lipinski definition) is 2. The second-order valence-corrected chi connectivity index (χ2v) is 7.14. The molecule has 146 valence electrons. The van der Waals surface area contributed by atoms with Crippen molar-refractivity contribution in [3.05, 3.63) is 109 Å². The lowest BCUT2D eigenvalue weighted by atomic mass is 10.1. The third-order valence-corrected chi connectivity index (χ3v) is 5.14. The summed E-state index contributed by atoms with van der Waals surface area (Å²) in [5, 5.41) is 3.96. The van der Waals surface area contributed by atoms with Crippen molar-refractivity contribution in [1.29, 1.82) is 0 Å². The van der Waals surface area contributed by atoms with Crippen molar-refractivity contribution in [2.24, 2.45) is 0 Å². The highest BCUT2D eigenvalue weighted by Gasteiger charge is 2.15. The van der Waals surface area contributed by atoms with Crippen molar-refractivity contribution in [2.75, 3.05) is 5.32 Å². The van der Waals surface area contributed by atoms with Crippen LogP contribution in [0.5, 0.6) is 0 Å². The monoisotopic (exact) mass is 392 g/mol. The van der Waals surface area contributed by atoms with Crippen LogP contribution in [-0.2, 0) is 6.54 Å². The predicted octanol–water partition coefficient (Wildman–Crippen LogP) is 5.33. The van der Waals surface area contributed by atoms with Crippen LogP contribution >= 0.6 is 0 Å². The molecule has 0 aliphatic carbocycles. The van der Waals surface area contributed by atoms with E-state index in [4.69, 9.17) is 0 Å². The van der Waals surface area contributed by atoms with Crippen LogP contribution in [-0.4, -0.2) is 20.4 Å². The molecule has 0 saturated heterocycles. The third-order valence-electron chi connectivity index (χ3n) is 5.14. The molecule has 0 radical (unpaired) electrons. The van der Waals surface area contributed by atoms with Crippen LogP contribution in [0.25, 0.3) is 22.3 Å². The van der Waals surface area contributed by atoms with Gasteiger partial charge in [-0.15, -0.1) is 0 Å². The Labute approximate surface area is 174 Å². The van der Waals surface area contributed by atoms with Gasteiger partial charge in [-0.1, -0.05) is 48.5 Å². The van der Waals surface area contributed by atoms with Gasteiger partial charge in [0, 0.05) is 47.3 Å². The molecule has 3 aromatic carbocycles. The number of anilines is 1. The number of nitrogens with zero attached hydrogens (tertiary/aromatic N) is 2. The van der Waals surface area contributed by atoms with Crippen LogP contribution < -0.4 is 5.32 Å². The summed E-state index contributed by atoms with van der Waals surface area (Å²) >= 11 is 0. The molecule has 0 aliphatic heterocycles. The van der Waals surface area contributed by atoms with Crippen LogP contribution in [0.1, 0.15) is 15.9 Å². The molecule has 2 heterocycles. The van der Waals surface area contributed by atoms with Crippen LogP contribution in [0.15, 0.2) is 97.5 Å². The zero-order valence-corrected chi connectivity index (χ0v) is 16.2. The Kier molecular flexibility index (Phi) is 4.62. The summed E-state index contributed by atoms with van der Waals surface area (Å²) in [5.41, 5.74) is 4.61. The van der Waals surface area contributed by atoms with E-state index in [9.17, 15) is 4.79 Å². The van der Waals surface area contributed by atoms with Gasteiger partial charge in [-0.2, -0.15) is 0 Å². The largest absolute Gasteiger partial charge is 0.345 e. The van der Waals surface area contributed by atoms with Gasteiger partial charge in [-0.3, -0.25) is 4.79 Å². The smallest absolute Gasteiger partial charge is 0.257 e. The van der Waals surface area contributed by atoms with E-state index < -0.39 is 0 Å². The number of amides is 1. The second kappa shape index (κ2) is 7.72. The number of carbonyl (C=O) groups excluding carboxylic acids is 1. The van der Waals surface area contributed by atoms with E-state index in [-0.39, 0.29) is 5.91 Å². The first-order valence-corrected chi connectivity index (χ1v) is 9.81. The summed E-state index contributed by atoms with van der Waals surface area (Å²) in [4.78, 5) is 20.4. The van der Waals surface area contributed by atoms with E-state index in [2.05, 4.69) is 32.0 Å². The summed E-state index contributed by atoms with van der Waals surface area (Å²) in [6, 6.07) is 25.9. The highest BCUT2D eigenvalue weighted by atomic mass is 16.1. The maximum atomic E-state index is 13.1. The number of benzene rings is 3. The number of fused-ring (bicyclic) bond motifs is 1. The quantitative estimate of drug-likeness (QED) is 0.424. The van der Waals surface area contributed by atoms with E-state index in [1.165, 1.54) is 5.56 Å². The molecule has 5 rings (SSSR count). The number of hydrogen-bond acceptors (Lipinski definition) is 2. The third kappa shape index (κ3) is 3.49. The molecule has 0 bridgehead atoms. The molecule has 5 aromatic rings. The number of carbonyl (C=O) groups is 1. The number of H-pyrrole nitrogens is 1. The van der Waals surface area contributed by atoms with Gasteiger partial charge >= 0.3 is 0 Å². The minimum absolute atomic E-state index is 0.122. The molecule has 5 nitrogen and oxygen atoms in total. The molecule has 30 heavy (non-hydrogen) atoms. The molecule has 0 atom stereocenters. The molecule has 0 spiro atoms. The molecule has 0 saturated carbocycles. The van der Waals surface area contributed by atoms with Gasteiger partial charge in [-0.25, -0.2) is 4.98 Å². The van der Waals surface area contributed by atoms with Gasteiger partial charge in [0.05, 0.1) is 5.56 Å². The molecular formula is C25H20N4O. The predicted molar refractivity (Wildman–Crippen MR) is 119 cm³/mol. The Bertz CT molecular complexity index is 1290. The molecule has 2 N–H and O–H groups in total. The van der Waals surface area contributed by atoms with E-state index >= 15 is 0 Å². The summed E-state index contributed by atoms with van der Waals surface area (Å²) in [6.45, 7) is 0.715. The number of para-hydroxylation sites is 1. The number of imidazole rings is 1. The minimum atomic E-state index is -0.122. The van der Waals surface area contributed by atoms with Crippen molar-refractivity contribution < 1.29 is 4.79 Å². The molecular weight excluding hydrogens is 372 g/mol. The van der Waals surface area contributed by atoms with Gasteiger partial charge in [0.15, 0.2) is 0 Å². The van der Waals surface area contributed by atoms with E-state index in [0.717, 1.165) is 28.0 Å². The highest BCUT2D eigenvalue weighted by molar-refractivity contribution is 6.13. The summed E-state index contributed by atoms with van der Waals surface area (Å²) < 4.78 is 2.12. The lowest BCUT2D eigenvalue weighted by Gasteiger charge is -2.05. The van der Waals surface area contributed by atoms with Crippen LogP contribution in [0, 0.1) is 0 Å². The minimum Gasteiger partial charge on any atom is -0.345 e. The van der Waals surface area contributed by atoms with Crippen LogP contribution in [0.4, 0.5) is 5.69 Å². The standard InChI is InChI=1S/C25H20N4O/c30-25(28-20-12-10-19(11-13-20)24-26-14-15-27-24)22-17-29(16-18-6-2-1-3-7-18)23-9-5-4-8-21(22)23/h1-15,17H,16H2,(H,26,27)(H,28,30). The first kappa shape index (κ1) is 17.9. The summed E-state index contributed by atoms with van der Waals surface area (Å²) in [7, 11) is 0. The zero-order valence-electron chi connectivity index (χ0n) is 16.2. The SMILES string of the molecule is O=C(Nc1ccc(-c2ncc[nH]2)cc1)c1cn(Cc2ccccc2)c2ccccc12. The molecule has 0 aliphatic rings. The van der Waals surface area contributed by atoms with Crippen molar-refractivity contribution in [3.8, 4) is 11.4 Å².